The molecule has 8 heteroatoms. The highest BCUT2D eigenvalue weighted by Crippen LogP contribution is 2.36. The van der Waals surface area contributed by atoms with E-state index in [0.29, 0.717) is 17.3 Å². The van der Waals surface area contributed by atoms with Gasteiger partial charge in [-0.05, 0) is 49.9 Å². The molecule has 30 heavy (non-hydrogen) atoms. The summed E-state index contributed by atoms with van der Waals surface area (Å²) in [6.45, 7) is 5.89. The molecule has 0 saturated carbocycles. The second-order valence-electron chi connectivity index (χ2n) is 7.45. The number of aromatic nitrogens is 2. The first-order valence-electron chi connectivity index (χ1n) is 9.93. The summed E-state index contributed by atoms with van der Waals surface area (Å²) in [5.41, 5.74) is 1.84. The molecule has 3 heterocycles. The summed E-state index contributed by atoms with van der Waals surface area (Å²) in [6, 6.07) is 6.41. The number of esters is 1. The summed E-state index contributed by atoms with van der Waals surface area (Å²) in [5, 5.41) is 0.927. The largest absolute Gasteiger partial charge is 0.465 e. The fraction of sp³-hybridized carbons (Fsp3) is 0.409. The van der Waals surface area contributed by atoms with Crippen LogP contribution in [-0.4, -0.2) is 42.2 Å². The minimum Gasteiger partial charge on any atom is -0.465 e. The van der Waals surface area contributed by atoms with E-state index in [2.05, 4.69) is 9.88 Å². The van der Waals surface area contributed by atoms with Crippen LogP contribution in [0.3, 0.4) is 0 Å². The average Bonchev–Trinajstić information content (AvgIpc) is 3.08. The van der Waals surface area contributed by atoms with Gasteiger partial charge in [-0.3, -0.25) is 0 Å². The minimum atomic E-state index is -0.341. The lowest BCUT2D eigenvalue weighted by Crippen LogP contribution is -2.37. The number of aryl methyl sites for hydroxylation is 2. The van der Waals surface area contributed by atoms with Gasteiger partial charge in [0.2, 0.25) is 0 Å². The fourth-order valence-corrected chi connectivity index (χ4v) is 4.91. The average molecular weight is 430 g/mol. The molecule has 0 N–H and O–H groups in total. The van der Waals surface area contributed by atoms with Crippen molar-refractivity contribution in [2.24, 2.45) is 0 Å². The van der Waals surface area contributed by atoms with Gasteiger partial charge in [-0.1, -0.05) is 12.1 Å². The molecular formula is C22H24FN3O3S. The summed E-state index contributed by atoms with van der Waals surface area (Å²) >= 11 is 1.35. The zero-order valence-electron chi connectivity index (χ0n) is 17.3. The van der Waals surface area contributed by atoms with Crippen LogP contribution in [0.25, 0.3) is 10.2 Å². The predicted molar refractivity (Wildman–Crippen MR) is 115 cm³/mol. The van der Waals surface area contributed by atoms with Gasteiger partial charge in [0.05, 0.1) is 25.2 Å². The van der Waals surface area contributed by atoms with Gasteiger partial charge in [-0.2, -0.15) is 0 Å². The quantitative estimate of drug-likeness (QED) is 0.560. The van der Waals surface area contributed by atoms with Gasteiger partial charge in [0.1, 0.15) is 27.2 Å². The number of halogens is 1. The van der Waals surface area contributed by atoms with Crippen LogP contribution in [0.4, 0.5) is 10.2 Å². The number of fused-ring (bicyclic) bond motifs is 1. The molecule has 0 bridgehead atoms. The Morgan fingerprint density at radius 1 is 1.20 bits per heavy atom. The van der Waals surface area contributed by atoms with Crippen molar-refractivity contribution in [2.75, 3.05) is 25.1 Å². The molecule has 1 aromatic carbocycles. The minimum absolute atomic E-state index is 0.152. The Balaban J connectivity index is 1.48. The molecular weight excluding hydrogens is 405 g/mol. The zero-order chi connectivity index (χ0) is 21.3. The lowest BCUT2D eigenvalue weighted by molar-refractivity contribution is 0.0250. The van der Waals surface area contributed by atoms with Gasteiger partial charge < -0.3 is 14.4 Å². The first-order valence-corrected chi connectivity index (χ1v) is 10.7. The van der Waals surface area contributed by atoms with E-state index in [9.17, 15) is 9.18 Å². The first-order chi connectivity index (χ1) is 14.5. The predicted octanol–water partition coefficient (Wildman–Crippen LogP) is 4.42. The fourth-order valence-electron chi connectivity index (χ4n) is 3.77. The van der Waals surface area contributed by atoms with Gasteiger partial charge in [0.15, 0.2) is 0 Å². The van der Waals surface area contributed by atoms with Crippen molar-refractivity contribution in [3.8, 4) is 0 Å². The molecule has 1 aliphatic rings. The van der Waals surface area contributed by atoms with E-state index >= 15 is 0 Å². The van der Waals surface area contributed by atoms with E-state index in [0.717, 1.165) is 53.1 Å². The molecule has 0 aliphatic carbocycles. The summed E-state index contributed by atoms with van der Waals surface area (Å²) in [6.07, 6.45) is 1.90. The SMILES string of the molecule is COC(=O)c1sc2nc(C)nc(N3CCC(OCc4ccc(F)cc4)CC3)c2c1C. The molecule has 1 aliphatic heterocycles. The Labute approximate surface area is 178 Å². The molecule has 0 atom stereocenters. The number of carbonyl (C=O) groups excluding carboxylic acids is 1. The summed E-state index contributed by atoms with van der Waals surface area (Å²) in [7, 11) is 1.39. The number of hydrogen-bond donors (Lipinski definition) is 0. The molecule has 6 nitrogen and oxygen atoms in total. The second kappa shape index (κ2) is 8.65. The normalized spacial score (nSPS) is 15.0. The van der Waals surface area contributed by atoms with Crippen molar-refractivity contribution in [3.05, 3.63) is 51.9 Å². The van der Waals surface area contributed by atoms with E-state index in [4.69, 9.17) is 14.5 Å². The third kappa shape index (κ3) is 4.15. The molecule has 3 aromatic rings. The number of benzene rings is 1. The number of carbonyl (C=O) groups is 1. The highest BCUT2D eigenvalue weighted by atomic mass is 32.1. The number of ether oxygens (including phenoxy) is 2. The maximum Gasteiger partial charge on any atom is 0.348 e. The van der Waals surface area contributed by atoms with E-state index < -0.39 is 0 Å². The Morgan fingerprint density at radius 3 is 2.57 bits per heavy atom. The Bertz CT molecular complexity index is 1060. The zero-order valence-corrected chi connectivity index (χ0v) is 18.1. The number of hydrogen-bond acceptors (Lipinski definition) is 7. The topological polar surface area (TPSA) is 64.5 Å². The Hall–Kier alpha value is -2.58. The lowest BCUT2D eigenvalue weighted by atomic mass is 10.1. The monoisotopic (exact) mass is 429 g/mol. The summed E-state index contributed by atoms with van der Waals surface area (Å²) < 4.78 is 24.0. The number of nitrogens with zero attached hydrogens (tertiary/aromatic N) is 3. The van der Waals surface area contributed by atoms with Crippen LogP contribution in [0.2, 0.25) is 0 Å². The van der Waals surface area contributed by atoms with Crippen LogP contribution in [0.5, 0.6) is 0 Å². The highest BCUT2D eigenvalue weighted by molar-refractivity contribution is 7.20. The third-order valence-corrected chi connectivity index (χ3v) is 6.56. The van der Waals surface area contributed by atoms with Crippen molar-refractivity contribution >= 4 is 33.3 Å². The van der Waals surface area contributed by atoms with Crippen LogP contribution in [0.1, 0.15) is 39.5 Å². The van der Waals surface area contributed by atoms with Gasteiger partial charge in [-0.25, -0.2) is 19.2 Å². The maximum absolute atomic E-state index is 13.0. The molecule has 1 fully saturated rings. The first kappa shape index (κ1) is 20.7. The Morgan fingerprint density at radius 2 is 1.90 bits per heavy atom. The third-order valence-electron chi connectivity index (χ3n) is 5.39. The summed E-state index contributed by atoms with van der Waals surface area (Å²) in [5.74, 6) is 0.979. The van der Waals surface area contributed by atoms with Gasteiger partial charge >= 0.3 is 5.97 Å². The number of thiophene rings is 1. The Kier molecular flexibility index (Phi) is 5.97. The summed E-state index contributed by atoms with van der Waals surface area (Å²) in [4.78, 5) is 25.0. The number of rotatable bonds is 5. The molecule has 0 amide bonds. The number of piperidine rings is 1. The van der Waals surface area contributed by atoms with Gasteiger partial charge in [0, 0.05) is 13.1 Å². The highest BCUT2D eigenvalue weighted by Gasteiger charge is 2.26. The van der Waals surface area contributed by atoms with Crippen LogP contribution < -0.4 is 4.90 Å². The standard InChI is InChI=1S/C22H24FN3O3S/c1-13-18-20(24-14(2)25-21(18)30-19(13)22(27)28-3)26-10-8-17(9-11-26)29-12-15-4-6-16(23)7-5-15/h4-7,17H,8-12H2,1-3H3. The second-order valence-corrected chi connectivity index (χ2v) is 8.45. The van der Waals surface area contributed by atoms with Gasteiger partial charge in [-0.15, -0.1) is 11.3 Å². The molecule has 0 unspecified atom stereocenters. The number of methoxy groups -OCH3 is 1. The maximum atomic E-state index is 13.0. The van der Waals surface area contributed by atoms with E-state index in [1.165, 1.54) is 30.6 Å². The van der Waals surface area contributed by atoms with E-state index in [1.807, 2.05) is 13.8 Å². The van der Waals surface area contributed by atoms with Crippen molar-refractivity contribution in [1.29, 1.82) is 0 Å². The van der Waals surface area contributed by atoms with Crippen molar-refractivity contribution in [2.45, 2.75) is 39.4 Å². The van der Waals surface area contributed by atoms with Crippen LogP contribution in [0.15, 0.2) is 24.3 Å². The lowest BCUT2D eigenvalue weighted by Gasteiger charge is -2.33. The van der Waals surface area contributed by atoms with Crippen molar-refractivity contribution in [3.63, 3.8) is 0 Å². The molecule has 4 rings (SSSR count). The van der Waals surface area contributed by atoms with Crippen molar-refractivity contribution in [1.82, 2.24) is 9.97 Å². The van der Waals surface area contributed by atoms with Crippen molar-refractivity contribution < 1.29 is 18.7 Å². The number of anilines is 1. The van der Waals surface area contributed by atoms with Crippen LogP contribution in [-0.2, 0) is 16.1 Å². The molecule has 0 spiro atoms. The molecule has 2 aromatic heterocycles. The van der Waals surface area contributed by atoms with Crippen LogP contribution in [0, 0.1) is 19.7 Å². The van der Waals surface area contributed by atoms with Crippen LogP contribution >= 0.6 is 11.3 Å². The van der Waals surface area contributed by atoms with E-state index in [-0.39, 0.29) is 17.9 Å². The molecule has 1 saturated heterocycles. The van der Waals surface area contributed by atoms with E-state index in [1.54, 1.807) is 12.1 Å². The molecule has 0 radical (unpaired) electrons. The van der Waals surface area contributed by atoms with Gasteiger partial charge in [0.25, 0.3) is 0 Å². The molecule has 158 valence electrons. The smallest absolute Gasteiger partial charge is 0.348 e.